The Morgan fingerprint density at radius 2 is 1.84 bits per heavy atom. The van der Waals surface area contributed by atoms with Crippen molar-refractivity contribution >= 4 is 29.9 Å². The summed E-state index contributed by atoms with van der Waals surface area (Å²) in [7, 11) is 1.66. The Labute approximate surface area is 202 Å². The number of aryl methyl sites for hydroxylation is 1. The third-order valence-corrected chi connectivity index (χ3v) is 4.58. The molecule has 0 aliphatic carbocycles. The summed E-state index contributed by atoms with van der Waals surface area (Å²) in [4.78, 5) is 9.09. The molecule has 172 valence electrons. The molecule has 0 saturated carbocycles. The second-order valence-corrected chi connectivity index (χ2v) is 7.37. The van der Waals surface area contributed by atoms with Crippen molar-refractivity contribution in [1.29, 1.82) is 0 Å². The minimum absolute atomic E-state index is 0. The van der Waals surface area contributed by atoms with Gasteiger partial charge in [0, 0.05) is 30.4 Å². The molecule has 0 aliphatic rings. The minimum Gasteiger partial charge on any atom is -0.496 e. The van der Waals surface area contributed by atoms with Crippen LogP contribution < -0.4 is 20.1 Å². The predicted molar refractivity (Wildman–Crippen MR) is 136 cm³/mol. The highest BCUT2D eigenvalue weighted by Crippen LogP contribution is 2.24. The SMILES string of the molecule is CCNC(=NCc1ncc(C)c(OC)c1C)NCC(O)c1ccc(OC(C)C)cc1.I. The molecular weight excluding hydrogens is 507 g/mol. The average Bonchev–Trinajstić information content (AvgIpc) is 2.71. The third-order valence-electron chi connectivity index (χ3n) is 4.58. The van der Waals surface area contributed by atoms with Crippen molar-refractivity contribution in [1.82, 2.24) is 15.6 Å². The number of methoxy groups -OCH3 is 1. The summed E-state index contributed by atoms with van der Waals surface area (Å²) in [6.07, 6.45) is 1.25. The van der Waals surface area contributed by atoms with E-state index >= 15 is 0 Å². The molecule has 1 unspecified atom stereocenters. The highest BCUT2D eigenvalue weighted by atomic mass is 127. The van der Waals surface area contributed by atoms with E-state index in [0.717, 1.165) is 33.9 Å². The summed E-state index contributed by atoms with van der Waals surface area (Å²) in [6.45, 7) is 11.4. The Morgan fingerprint density at radius 1 is 1.16 bits per heavy atom. The van der Waals surface area contributed by atoms with Crippen LogP contribution in [0.2, 0.25) is 0 Å². The van der Waals surface area contributed by atoms with Crippen molar-refractivity contribution in [2.45, 2.75) is 53.4 Å². The maximum absolute atomic E-state index is 10.5. The van der Waals surface area contributed by atoms with Gasteiger partial charge in [-0.1, -0.05) is 12.1 Å². The van der Waals surface area contributed by atoms with Gasteiger partial charge in [-0.3, -0.25) is 4.98 Å². The van der Waals surface area contributed by atoms with Crippen LogP contribution in [-0.2, 0) is 6.54 Å². The van der Waals surface area contributed by atoms with Gasteiger partial charge in [0.25, 0.3) is 0 Å². The summed E-state index contributed by atoms with van der Waals surface area (Å²) in [5, 5.41) is 16.9. The maximum Gasteiger partial charge on any atom is 0.191 e. The van der Waals surface area contributed by atoms with Gasteiger partial charge in [-0.2, -0.15) is 0 Å². The first-order valence-corrected chi connectivity index (χ1v) is 10.3. The number of aliphatic hydroxyl groups excluding tert-OH is 1. The number of hydrogen-bond donors (Lipinski definition) is 3. The second kappa shape index (κ2) is 13.4. The lowest BCUT2D eigenvalue weighted by molar-refractivity contribution is 0.180. The number of hydrogen-bond acceptors (Lipinski definition) is 5. The van der Waals surface area contributed by atoms with E-state index in [2.05, 4.69) is 20.6 Å². The van der Waals surface area contributed by atoms with Crippen LogP contribution in [0.1, 0.15) is 49.3 Å². The number of nitrogens with one attached hydrogen (secondary N) is 2. The number of aliphatic imine (C=N–C) groups is 1. The van der Waals surface area contributed by atoms with E-state index in [0.29, 0.717) is 25.6 Å². The molecule has 1 atom stereocenters. The van der Waals surface area contributed by atoms with Gasteiger partial charge in [-0.25, -0.2) is 4.99 Å². The molecule has 1 aromatic heterocycles. The zero-order valence-corrected chi connectivity index (χ0v) is 21.6. The summed E-state index contributed by atoms with van der Waals surface area (Å²) < 4.78 is 11.1. The van der Waals surface area contributed by atoms with E-state index in [1.807, 2.05) is 58.9 Å². The number of guanidine groups is 1. The lowest BCUT2D eigenvalue weighted by atomic mass is 10.1. The first-order chi connectivity index (χ1) is 14.3. The van der Waals surface area contributed by atoms with Crippen LogP contribution >= 0.6 is 24.0 Å². The quantitative estimate of drug-likeness (QED) is 0.253. The Morgan fingerprint density at radius 3 is 2.42 bits per heavy atom. The highest BCUT2D eigenvalue weighted by molar-refractivity contribution is 14.0. The molecule has 0 bridgehead atoms. The molecule has 0 fully saturated rings. The fourth-order valence-corrected chi connectivity index (χ4v) is 3.08. The van der Waals surface area contributed by atoms with E-state index in [-0.39, 0.29) is 30.1 Å². The fraction of sp³-hybridized carbons (Fsp3) is 0.478. The van der Waals surface area contributed by atoms with Gasteiger partial charge in [0.2, 0.25) is 0 Å². The van der Waals surface area contributed by atoms with Gasteiger partial charge in [-0.05, 0) is 52.3 Å². The summed E-state index contributed by atoms with van der Waals surface area (Å²) in [5.41, 5.74) is 3.66. The van der Waals surface area contributed by atoms with E-state index in [1.165, 1.54) is 0 Å². The van der Waals surface area contributed by atoms with Gasteiger partial charge in [0.05, 0.1) is 31.6 Å². The molecule has 0 radical (unpaired) electrons. The van der Waals surface area contributed by atoms with E-state index in [4.69, 9.17) is 9.47 Å². The zero-order valence-electron chi connectivity index (χ0n) is 19.2. The van der Waals surface area contributed by atoms with Crippen molar-refractivity contribution < 1.29 is 14.6 Å². The summed E-state index contributed by atoms with van der Waals surface area (Å²) in [5.74, 6) is 2.26. The number of benzene rings is 1. The lowest BCUT2D eigenvalue weighted by Crippen LogP contribution is -2.39. The smallest absolute Gasteiger partial charge is 0.191 e. The van der Waals surface area contributed by atoms with Crippen LogP contribution in [0.25, 0.3) is 0 Å². The Hall–Kier alpha value is -2.07. The molecule has 2 rings (SSSR count). The van der Waals surface area contributed by atoms with Crippen molar-refractivity contribution in [3.63, 3.8) is 0 Å². The maximum atomic E-state index is 10.5. The topological polar surface area (TPSA) is 88.0 Å². The molecule has 8 heteroatoms. The number of pyridine rings is 1. The largest absolute Gasteiger partial charge is 0.496 e. The Kier molecular flexibility index (Phi) is 11.6. The van der Waals surface area contributed by atoms with Crippen LogP contribution in [0.4, 0.5) is 0 Å². The molecular formula is C23H35IN4O3. The number of aliphatic hydroxyl groups is 1. The van der Waals surface area contributed by atoms with Crippen LogP contribution in [-0.4, -0.2) is 42.4 Å². The van der Waals surface area contributed by atoms with Crippen molar-refractivity contribution in [2.75, 3.05) is 20.2 Å². The molecule has 1 heterocycles. The second-order valence-electron chi connectivity index (χ2n) is 7.37. The Bertz CT molecular complexity index is 841. The van der Waals surface area contributed by atoms with Gasteiger partial charge in [0.15, 0.2) is 5.96 Å². The number of ether oxygens (including phenoxy) is 2. The monoisotopic (exact) mass is 542 g/mol. The molecule has 0 aliphatic heterocycles. The average molecular weight is 542 g/mol. The molecule has 7 nitrogen and oxygen atoms in total. The first kappa shape index (κ1) is 27.0. The van der Waals surface area contributed by atoms with E-state index < -0.39 is 6.10 Å². The van der Waals surface area contributed by atoms with Crippen LogP contribution in [0.5, 0.6) is 11.5 Å². The predicted octanol–water partition coefficient (Wildman–Crippen LogP) is 3.90. The molecule has 0 amide bonds. The van der Waals surface area contributed by atoms with Crippen LogP contribution in [0.3, 0.4) is 0 Å². The fourth-order valence-electron chi connectivity index (χ4n) is 3.08. The molecule has 0 saturated heterocycles. The number of halogens is 1. The zero-order chi connectivity index (χ0) is 22.1. The van der Waals surface area contributed by atoms with E-state index in [1.54, 1.807) is 13.3 Å². The van der Waals surface area contributed by atoms with Crippen molar-refractivity contribution in [3.05, 3.63) is 52.8 Å². The van der Waals surface area contributed by atoms with Crippen LogP contribution in [0.15, 0.2) is 35.5 Å². The van der Waals surface area contributed by atoms with Crippen molar-refractivity contribution in [3.8, 4) is 11.5 Å². The molecule has 2 aromatic rings. The third kappa shape index (κ3) is 8.17. The van der Waals surface area contributed by atoms with Crippen molar-refractivity contribution in [2.24, 2.45) is 4.99 Å². The summed E-state index contributed by atoms with van der Waals surface area (Å²) >= 11 is 0. The number of rotatable bonds is 9. The van der Waals surface area contributed by atoms with Gasteiger partial charge in [0.1, 0.15) is 11.5 Å². The Balaban J connectivity index is 0.00000480. The lowest BCUT2D eigenvalue weighted by Gasteiger charge is -2.17. The number of nitrogens with zero attached hydrogens (tertiary/aromatic N) is 2. The van der Waals surface area contributed by atoms with Crippen LogP contribution in [0, 0.1) is 13.8 Å². The molecule has 31 heavy (non-hydrogen) atoms. The molecule has 3 N–H and O–H groups in total. The summed E-state index contributed by atoms with van der Waals surface area (Å²) in [6, 6.07) is 7.49. The standard InChI is InChI=1S/C23H34N4O3.HI/c1-7-24-23(26-13-20-17(5)22(29-6)16(4)12-25-20)27-14-21(28)18-8-10-19(11-9-18)30-15(2)3;/h8-12,15,21,28H,7,13-14H2,1-6H3,(H2,24,26,27);1H. The van der Waals surface area contributed by atoms with Gasteiger partial charge < -0.3 is 25.2 Å². The van der Waals surface area contributed by atoms with Gasteiger partial charge in [-0.15, -0.1) is 24.0 Å². The molecule has 0 spiro atoms. The number of aromatic nitrogens is 1. The normalized spacial score (nSPS) is 12.2. The van der Waals surface area contributed by atoms with Gasteiger partial charge >= 0.3 is 0 Å². The first-order valence-electron chi connectivity index (χ1n) is 10.3. The highest BCUT2D eigenvalue weighted by Gasteiger charge is 2.11. The molecule has 1 aromatic carbocycles. The minimum atomic E-state index is -0.665. The van der Waals surface area contributed by atoms with E-state index in [9.17, 15) is 5.11 Å².